The zero-order valence-corrected chi connectivity index (χ0v) is 17.2. The molecule has 1 aliphatic rings. The molecule has 0 atom stereocenters. The average Bonchev–Trinajstić information content (AvgIpc) is 2.80. The first-order chi connectivity index (χ1) is 14.7. The van der Waals surface area contributed by atoms with E-state index in [2.05, 4.69) is 10.00 Å². The van der Waals surface area contributed by atoms with Crippen LogP contribution in [0.4, 0.5) is 0 Å². The number of nitrogens with zero attached hydrogens (tertiary/aromatic N) is 4. The second-order valence-electron chi connectivity index (χ2n) is 7.31. The second kappa shape index (κ2) is 9.09. The van der Waals surface area contributed by atoms with Crippen molar-refractivity contribution in [3.8, 4) is 5.75 Å². The molecule has 0 N–H and O–H groups in total. The normalized spacial score (nSPS) is 14.8. The van der Waals surface area contributed by atoms with Crippen LogP contribution in [0.5, 0.6) is 5.75 Å². The summed E-state index contributed by atoms with van der Waals surface area (Å²) in [6, 6.07) is 17.0. The number of ether oxygens (including phenoxy) is 1. The summed E-state index contributed by atoms with van der Waals surface area (Å²) in [4.78, 5) is 29.8. The molecule has 7 heteroatoms. The maximum Gasteiger partial charge on any atom is 0.275 e. The maximum atomic E-state index is 13.2. The third kappa shape index (κ3) is 4.21. The van der Waals surface area contributed by atoms with E-state index in [4.69, 9.17) is 4.74 Å². The molecule has 1 aliphatic heterocycles. The number of para-hydroxylation sites is 1. The Morgan fingerprint density at radius 1 is 0.967 bits per heavy atom. The van der Waals surface area contributed by atoms with Crippen LogP contribution in [-0.4, -0.2) is 64.8 Å². The van der Waals surface area contributed by atoms with Gasteiger partial charge in [-0.1, -0.05) is 36.4 Å². The molecule has 2 heterocycles. The minimum absolute atomic E-state index is 0.117. The third-order valence-electron chi connectivity index (χ3n) is 5.45. The van der Waals surface area contributed by atoms with Gasteiger partial charge in [0.1, 0.15) is 12.4 Å². The molecular weight excluding hydrogens is 380 g/mol. The minimum Gasteiger partial charge on any atom is -0.492 e. The molecule has 1 amide bonds. The Labute approximate surface area is 175 Å². The van der Waals surface area contributed by atoms with Crippen LogP contribution in [0.15, 0.2) is 59.4 Å². The fourth-order valence-corrected chi connectivity index (χ4v) is 3.74. The SMILES string of the molecule is CCn1nc(C(=O)N2CCN(CCOc3ccccc3)CC2)c2ccccc2c1=O. The molecule has 156 valence electrons. The van der Waals surface area contributed by atoms with Crippen molar-refractivity contribution < 1.29 is 9.53 Å². The van der Waals surface area contributed by atoms with Gasteiger partial charge in [0.05, 0.1) is 5.39 Å². The molecule has 3 aromatic rings. The van der Waals surface area contributed by atoms with Crippen molar-refractivity contribution in [3.63, 3.8) is 0 Å². The standard InChI is InChI=1S/C23H26N4O3/c1-2-27-22(28)20-11-7-6-10-19(20)21(24-27)23(29)26-14-12-25(13-15-26)16-17-30-18-8-4-3-5-9-18/h3-11H,2,12-17H2,1H3. The highest BCUT2D eigenvalue weighted by Gasteiger charge is 2.25. The molecule has 0 bridgehead atoms. The first kappa shape index (κ1) is 20.1. The van der Waals surface area contributed by atoms with E-state index in [-0.39, 0.29) is 11.5 Å². The van der Waals surface area contributed by atoms with E-state index in [1.165, 1.54) is 4.68 Å². The summed E-state index contributed by atoms with van der Waals surface area (Å²) < 4.78 is 7.14. The highest BCUT2D eigenvalue weighted by Crippen LogP contribution is 2.16. The summed E-state index contributed by atoms with van der Waals surface area (Å²) >= 11 is 0. The molecule has 0 aliphatic carbocycles. The summed E-state index contributed by atoms with van der Waals surface area (Å²) in [5, 5.41) is 5.53. The van der Waals surface area contributed by atoms with E-state index in [0.29, 0.717) is 42.7 Å². The number of carbonyl (C=O) groups is 1. The molecule has 7 nitrogen and oxygen atoms in total. The zero-order valence-electron chi connectivity index (χ0n) is 17.2. The number of hydrogen-bond donors (Lipinski definition) is 0. The minimum atomic E-state index is -0.159. The number of hydrogen-bond acceptors (Lipinski definition) is 5. The largest absolute Gasteiger partial charge is 0.492 e. The van der Waals surface area contributed by atoms with Gasteiger partial charge >= 0.3 is 0 Å². The molecule has 1 fully saturated rings. The van der Waals surface area contributed by atoms with Crippen LogP contribution in [0.25, 0.3) is 10.8 Å². The summed E-state index contributed by atoms with van der Waals surface area (Å²) in [5.41, 5.74) is 0.195. The van der Waals surface area contributed by atoms with Crippen LogP contribution in [0.2, 0.25) is 0 Å². The van der Waals surface area contributed by atoms with E-state index in [0.717, 1.165) is 25.4 Å². The maximum absolute atomic E-state index is 13.2. The fourth-order valence-electron chi connectivity index (χ4n) is 3.74. The first-order valence-electron chi connectivity index (χ1n) is 10.4. The first-order valence-corrected chi connectivity index (χ1v) is 10.4. The Bertz CT molecular complexity index is 1070. The van der Waals surface area contributed by atoms with Crippen molar-refractivity contribution in [2.45, 2.75) is 13.5 Å². The Balaban J connectivity index is 1.40. The highest BCUT2D eigenvalue weighted by atomic mass is 16.5. The highest BCUT2D eigenvalue weighted by molar-refractivity contribution is 6.04. The van der Waals surface area contributed by atoms with Crippen molar-refractivity contribution in [2.75, 3.05) is 39.3 Å². The van der Waals surface area contributed by atoms with E-state index in [1.807, 2.05) is 54.3 Å². The lowest BCUT2D eigenvalue weighted by atomic mass is 10.1. The van der Waals surface area contributed by atoms with Gasteiger partial charge in [-0.25, -0.2) is 4.68 Å². The fraction of sp³-hybridized carbons (Fsp3) is 0.348. The van der Waals surface area contributed by atoms with Gasteiger partial charge in [-0.3, -0.25) is 14.5 Å². The van der Waals surface area contributed by atoms with E-state index < -0.39 is 0 Å². The van der Waals surface area contributed by atoms with Gasteiger partial charge in [-0.15, -0.1) is 0 Å². The predicted octanol–water partition coefficient (Wildman–Crippen LogP) is 2.25. The van der Waals surface area contributed by atoms with Crippen LogP contribution >= 0.6 is 0 Å². The average molecular weight is 406 g/mol. The Kier molecular flexibility index (Phi) is 6.09. The van der Waals surface area contributed by atoms with Crippen molar-refractivity contribution in [1.29, 1.82) is 0 Å². The number of aromatic nitrogens is 2. The number of aryl methyl sites for hydroxylation is 1. The van der Waals surface area contributed by atoms with Crippen LogP contribution in [0, 0.1) is 0 Å². The van der Waals surface area contributed by atoms with Gasteiger partial charge in [0.25, 0.3) is 11.5 Å². The van der Waals surface area contributed by atoms with Gasteiger partial charge in [0.15, 0.2) is 5.69 Å². The number of fused-ring (bicyclic) bond motifs is 1. The Hall–Kier alpha value is -3.19. The lowest BCUT2D eigenvalue weighted by Crippen LogP contribution is -2.50. The van der Waals surface area contributed by atoms with Gasteiger partial charge in [0.2, 0.25) is 0 Å². The molecule has 0 saturated carbocycles. The van der Waals surface area contributed by atoms with Crippen molar-refractivity contribution in [2.24, 2.45) is 0 Å². The van der Waals surface area contributed by atoms with E-state index in [9.17, 15) is 9.59 Å². The smallest absolute Gasteiger partial charge is 0.275 e. The van der Waals surface area contributed by atoms with Crippen LogP contribution in [-0.2, 0) is 6.54 Å². The molecule has 2 aromatic carbocycles. The third-order valence-corrected chi connectivity index (χ3v) is 5.45. The van der Waals surface area contributed by atoms with Crippen LogP contribution < -0.4 is 10.3 Å². The lowest BCUT2D eigenvalue weighted by molar-refractivity contribution is 0.0614. The number of benzene rings is 2. The lowest BCUT2D eigenvalue weighted by Gasteiger charge is -2.34. The van der Waals surface area contributed by atoms with Crippen molar-refractivity contribution in [3.05, 3.63) is 70.6 Å². The predicted molar refractivity (Wildman–Crippen MR) is 116 cm³/mol. The van der Waals surface area contributed by atoms with Crippen LogP contribution in [0.1, 0.15) is 17.4 Å². The summed E-state index contributed by atoms with van der Waals surface area (Å²) in [6.07, 6.45) is 0. The number of amides is 1. The molecule has 0 unspecified atom stereocenters. The molecule has 30 heavy (non-hydrogen) atoms. The molecule has 0 spiro atoms. The molecule has 0 radical (unpaired) electrons. The molecule has 1 aromatic heterocycles. The number of rotatable bonds is 6. The summed E-state index contributed by atoms with van der Waals surface area (Å²) in [7, 11) is 0. The van der Waals surface area contributed by atoms with E-state index >= 15 is 0 Å². The Morgan fingerprint density at radius 3 is 2.33 bits per heavy atom. The molecule has 1 saturated heterocycles. The monoisotopic (exact) mass is 406 g/mol. The quantitative estimate of drug-likeness (QED) is 0.628. The van der Waals surface area contributed by atoms with Crippen molar-refractivity contribution >= 4 is 16.7 Å². The van der Waals surface area contributed by atoms with Gasteiger partial charge < -0.3 is 9.64 Å². The van der Waals surface area contributed by atoms with Gasteiger partial charge in [0, 0.05) is 44.7 Å². The summed E-state index contributed by atoms with van der Waals surface area (Å²) in [6.45, 7) is 6.55. The van der Waals surface area contributed by atoms with Gasteiger partial charge in [-0.2, -0.15) is 5.10 Å². The number of piperazine rings is 1. The second-order valence-corrected chi connectivity index (χ2v) is 7.31. The zero-order chi connectivity index (χ0) is 20.9. The molecule has 4 rings (SSSR count). The van der Waals surface area contributed by atoms with E-state index in [1.54, 1.807) is 12.1 Å². The Morgan fingerprint density at radius 2 is 1.63 bits per heavy atom. The van der Waals surface area contributed by atoms with Gasteiger partial charge in [-0.05, 0) is 25.1 Å². The summed E-state index contributed by atoms with van der Waals surface area (Å²) in [5.74, 6) is 0.754. The molecular formula is C23H26N4O3. The number of carbonyl (C=O) groups excluding carboxylic acids is 1. The van der Waals surface area contributed by atoms with Crippen LogP contribution in [0.3, 0.4) is 0 Å². The topological polar surface area (TPSA) is 67.7 Å². The van der Waals surface area contributed by atoms with Crippen molar-refractivity contribution in [1.82, 2.24) is 19.6 Å².